The van der Waals surface area contributed by atoms with Gasteiger partial charge in [-0.05, 0) is 42.8 Å². The Labute approximate surface area is 141 Å². The van der Waals surface area contributed by atoms with Crippen LogP contribution in [0.1, 0.15) is 12.5 Å². The van der Waals surface area contributed by atoms with Gasteiger partial charge >= 0.3 is 0 Å². The second kappa shape index (κ2) is 7.63. The highest BCUT2D eigenvalue weighted by molar-refractivity contribution is 7.89. The van der Waals surface area contributed by atoms with Crippen LogP contribution in [0.15, 0.2) is 47.4 Å². The van der Waals surface area contributed by atoms with Gasteiger partial charge in [0.05, 0.1) is 18.6 Å². The predicted molar refractivity (Wildman–Crippen MR) is 89.2 cm³/mol. The average molecular weight is 353 g/mol. The fourth-order valence-electron chi connectivity index (χ4n) is 2.23. The third-order valence-corrected chi connectivity index (χ3v) is 5.25. The first-order chi connectivity index (χ1) is 11.4. The van der Waals surface area contributed by atoms with E-state index < -0.39 is 15.8 Å². The Balaban J connectivity index is 2.23. The van der Waals surface area contributed by atoms with E-state index in [1.54, 1.807) is 18.2 Å². The van der Waals surface area contributed by atoms with Crippen molar-refractivity contribution < 1.29 is 22.3 Å². The van der Waals surface area contributed by atoms with Gasteiger partial charge in [-0.25, -0.2) is 12.8 Å². The number of benzene rings is 2. The number of methoxy groups -OCH3 is 1. The molecule has 0 heterocycles. The van der Waals surface area contributed by atoms with Crippen molar-refractivity contribution in [3.8, 4) is 11.5 Å². The summed E-state index contributed by atoms with van der Waals surface area (Å²) in [6, 6.07) is 10.8. The molecule has 0 radical (unpaired) electrons. The van der Waals surface area contributed by atoms with E-state index in [1.807, 2.05) is 13.0 Å². The quantitative estimate of drug-likeness (QED) is 0.768. The Morgan fingerprint density at radius 2 is 1.92 bits per heavy atom. The SMILES string of the molecule is CCOc1cccc(CN(C)S(=O)(=O)c2ccc(OC)c(F)c2)c1. The third-order valence-electron chi connectivity index (χ3n) is 3.45. The van der Waals surface area contributed by atoms with Gasteiger partial charge in [0.25, 0.3) is 0 Å². The van der Waals surface area contributed by atoms with E-state index in [0.717, 1.165) is 11.6 Å². The van der Waals surface area contributed by atoms with Gasteiger partial charge in [0, 0.05) is 13.6 Å². The molecule has 0 amide bonds. The first kappa shape index (κ1) is 18.2. The molecular weight excluding hydrogens is 333 g/mol. The van der Waals surface area contributed by atoms with Crippen LogP contribution in [0.3, 0.4) is 0 Å². The maximum Gasteiger partial charge on any atom is 0.243 e. The van der Waals surface area contributed by atoms with Gasteiger partial charge in [0.2, 0.25) is 10.0 Å². The molecule has 0 saturated carbocycles. The summed E-state index contributed by atoms with van der Waals surface area (Å²) in [5, 5.41) is 0. The summed E-state index contributed by atoms with van der Waals surface area (Å²) >= 11 is 0. The molecule has 7 heteroatoms. The van der Waals surface area contributed by atoms with Crippen LogP contribution in [0.5, 0.6) is 11.5 Å². The number of ether oxygens (including phenoxy) is 2. The zero-order valence-corrected chi connectivity index (χ0v) is 14.6. The van der Waals surface area contributed by atoms with Gasteiger partial charge in [0.1, 0.15) is 5.75 Å². The Bertz CT molecular complexity index is 808. The van der Waals surface area contributed by atoms with E-state index in [1.165, 1.54) is 30.6 Å². The molecule has 2 aromatic rings. The summed E-state index contributed by atoms with van der Waals surface area (Å²) in [6.07, 6.45) is 0. The molecule has 0 unspecified atom stereocenters. The number of hydrogen-bond acceptors (Lipinski definition) is 4. The van der Waals surface area contributed by atoms with Crippen LogP contribution in [-0.2, 0) is 16.6 Å². The van der Waals surface area contributed by atoms with Crippen molar-refractivity contribution >= 4 is 10.0 Å². The zero-order valence-electron chi connectivity index (χ0n) is 13.8. The molecule has 24 heavy (non-hydrogen) atoms. The summed E-state index contributed by atoms with van der Waals surface area (Å²) in [4.78, 5) is -0.121. The molecule has 0 spiro atoms. The lowest BCUT2D eigenvalue weighted by molar-refractivity contribution is 0.339. The number of hydrogen-bond donors (Lipinski definition) is 0. The molecule has 2 rings (SSSR count). The average Bonchev–Trinajstić information content (AvgIpc) is 2.55. The van der Waals surface area contributed by atoms with Crippen molar-refractivity contribution in [1.82, 2.24) is 4.31 Å². The summed E-state index contributed by atoms with van der Waals surface area (Å²) in [6.45, 7) is 2.56. The first-order valence-electron chi connectivity index (χ1n) is 7.40. The van der Waals surface area contributed by atoms with Crippen molar-refractivity contribution in [3.63, 3.8) is 0 Å². The number of halogens is 1. The summed E-state index contributed by atoms with van der Waals surface area (Å²) in [5.74, 6) is -0.0392. The van der Waals surface area contributed by atoms with E-state index >= 15 is 0 Å². The molecule has 130 valence electrons. The minimum Gasteiger partial charge on any atom is -0.494 e. The van der Waals surface area contributed by atoms with Crippen molar-refractivity contribution in [2.75, 3.05) is 20.8 Å². The van der Waals surface area contributed by atoms with E-state index in [2.05, 4.69) is 0 Å². The lowest BCUT2D eigenvalue weighted by Gasteiger charge is -2.18. The Morgan fingerprint density at radius 1 is 1.17 bits per heavy atom. The molecule has 0 aromatic heterocycles. The second-order valence-electron chi connectivity index (χ2n) is 5.14. The highest BCUT2D eigenvalue weighted by atomic mass is 32.2. The van der Waals surface area contributed by atoms with Crippen LogP contribution in [0, 0.1) is 5.82 Å². The second-order valence-corrected chi connectivity index (χ2v) is 7.18. The van der Waals surface area contributed by atoms with E-state index in [9.17, 15) is 12.8 Å². The maximum absolute atomic E-state index is 13.8. The number of sulfonamides is 1. The minimum atomic E-state index is -3.81. The lowest BCUT2D eigenvalue weighted by atomic mass is 10.2. The van der Waals surface area contributed by atoms with Gasteiger partial charge in [-0.3, -0.25) is 0 Å². The van der Waals surface area contributed by atoms with E-state index in [-0.39, 0.29) is 17.2 Å². The van der Waals surface area contributed by atoms with Crippen LogP contribution in [0.25, 0.3) is 0 Å². The lowest BCUT2D eigenvalue weighted by Crippen LogP contribution is -2.26. The molecule has 0 N–H and O–H groups in total. The van der Waals surface area contributed by atoms with E-state index in [4.69, 9.17) is 9.47 Å². The highest BCUT2D eigenvalue weighted by Crippen LogP contribution is 2.24. The molecule has 0 aliphatic heterocycles. The van der Waals surface area contributed by atoms with Gasteiger partial charge in [-0.15, -0.1) is 0 Å². The summed E-state index contributed by atoms with van der Waals surface area (Å²) < 4.78 is 50.3. The van der Waals surface area contributed by atoms with Crippen LogP contribution in [0.4, 0.5) is 4.39 Å². The maximum atomic E-state index is 13.8. The van der Waals surface area contributed by atoms with Gasteiger partial charge in [0.15, 0.2) is 11.6 Å². The van der Waals surface area contributed by atoms with Gasteiger partial charge in [-0.1, -0.05) is 12.1 Å². The van der Waals surface area contributed by atoms with Gasteiger partial charge < -0.3 is 9.47 Å². The summed E-state index contributed by atoms with van der Waals surface area (Å²) in [5.41, 5.74) is 0.779. The topological polar surface area (TPSA) is 55.8 Å². The molecule has 0 aliphatic carbocycles. The number of nitrogens with zero attached hydrogens (tertiary/aromatic N) is 1. The van der Waals surface area contributed by atoms with Gasteiger partial charge in [-0.2, -0.15) is 4.31 Å². The Morgan fingerprint density at radius 3 is 2.54 bits per heavy atom. The minimum absolute atomic E-state index is 0.000943. The third kappa shape index (κ3) is 4.04. The first-order valence-corrected chi connectivity index (χ1v) is 8.84. The molecule has 0 saturated heterocycles. The van der Waals surface area contributed by atoms with Crippen molar-refractivity contribution in [1.29, 1.82) is 0 Å². The van der Waals surface area contributed by atoms with Crippen molar-refractivity contribution in [2.24, 2.45) is 0 Å². The Hall–Kier alpha value is -2.12. The molecule has 2 aromatic carbocycles. The Kier molecular flexibility index (Phi) is 5.80. The summed E-state index contributed by atoms with van der Waals surface area (Å²) in [7, 11) is -1.04. The van der Waals surface area contributed by atoms with Crippen molar-refractivity contribution in [3.05, 3.63) is 53.8 Å². The molecule has 0 fully saturated rings. The smallest absolute Gasteiger partial charge is 0.243 e. The predicted octanol–water partition coefficient (Wildman–Crippen LogP) is 3.05. The van der Waals surface area contributed by atoms with Crippen LogP contribution in [-0.4, -0.2) is 33.5 Å². The van der Waals surface area contributed by atoms with Crippen molar-refractivity contribution in [2.45, 2.75) is 18.4 Å². The van der Waals surface area contributed by atoms with Crippen LogP contribution in [0.2, 0.25) is 0 Å². The highest BCUT2D eigenvalue weighted by Gasteiger charge is 2.22. The molecule has 5 nitrogen and oxygen atoms in total. The van der Waals surface area contributed by atoms with Crippen LogP contribution < -0.4 is 9.47 Å². The monoisotopic (exact) mass is 353 g/mol. The fourth-order valence-corrected chi connectivity index (χ4v) is 3.40. The molecule has 0 aliphatic rings. The van der Waals surface area contributed by atoms with Crippen LogP contribution >= 0.6 is 0 Å². The van der Waals surface area contributed by atoms with E-state index in [0.29, 0.717) is 12.4 Å². The zero-order chi connectivity index (χ0) is 17.7. The number of rotatable bonds is 7. The molecule has 0 bridgehead atoms. The standard InChI is InChI=1S/C17H20FNO4S/c1-4-23-14-7-5-6-13(10-14)12-19(2)24(20,21)15-8-9-17(22-3)16(18)11-15/h5-11H,4,12H2,1-3H3. The molecular formula is C17H20FNO4S. The molecule has 0 atom stereocenters. The largest absolute Gasteiger partial charge is 0.494 e. The normalized spacial score (nSPS) is 11.5. The fraction of sp³-hybridized carbons (Fsp3) is 0.294.